The number of aromatic nitrogens is 2. The Morgan fingerprint density at radius 2 is 1.85 bits per heavy atom. The fraction of sp³-hybridized carbons (Fsp3) is 0.812. The van der Waals surface area contributed by atoms with E-state index in [9.17, 15) is 5.11 Å². The van der Waals surface area contributed by atoms with Crippen LogP contribution in [0.4, 0.5) is 0 Å². The third-order valence-electron chi connectivity index (χ3n) is 6.04. The molecule has 1 atom stereocenters. The van der Waals surface area contributed by atoms with Crippen LogP contribution < -0.4 is 5.73 Å². The Bertz CT molecular complexity index is 460. The molecule has 4 N–H and O–H groups in total. The molecule has 4 fully saturated rings. The lowest BCUT2D eigenvalue weighted by molar-refractivity contribution is -0.00574. The zero-order valence-electron chi connectivity index (χ0n) is 12.0. The molecule has 0 spiro atoms. The van der Waals surface area contributed by atoms with Crippen molar-refractivity contribution >= 4 is 0 Å². The van der Waals surface area contributed by atoms with Gasteiger partial charge in [0.1, 0.15) is 0 Å². The molecule has 4 aliphatic carbocycles. The molecule has 4 aliphatic rings. The summed E-state index contributed by atoms with van der Waals surface area (Å²) in [5, 5.41) is 17.3. The molecule has 4 heteroatoms. The summed E-state index contributed by atoms with van der Waals surface area (Å²) in [5.74, 6) is 2.80. The highest BCUT2D eigenvalue weighted by atomic mass is 16.3. The lowest BCUT2D eigenvalue weighted by Crippen LogP contribution is -2.48. The monoisotopic (exact) mass is 275 g/mol. The van der Waals surface area contributed by atoms with E-state index in [-0.39, 0.29) is 0 Å². The molecule has 0 aromatic carbocycles. The average Bonchev–Trinajstić information content (AvgIpc) is 2.86. The summed E-state index contributed by atoms with van der Waals surface area (Å²) >= 11 is 0. The first-order valence-electron chi connectivity index (χ1n) is 8.09. The van der Waals surface area contributed by atoms with Gasteiger partial charge in [0.2, 0.25) is 0 Å². The highest BCUT2D eigenvalue weighted by molar-refractivity contribution is 5.31. The number of hydrogen-bond acceptors (Lipinski definition) is 3. The number of aliphatic hydroxyl groups is 1. The van der Waals surface area contributed by atoms with Gasteiger partial charge in [0.05, 0.1) is 12.3 Å². The SMILES string of the molecule is NCC(O)Cc1[nH]ncc1C12CC3CC(CC(C3)C1)C2. The predicted molar refractivity (Wildman–Crippen MR) is 77.2 cm³/mol. The Kier molecular flexibility index (Phi) is 2.93. The minimum Gasteiger partial charge on any atom is -0.391 e. The molecule has 4 saturated carbocycles. The Labute approximate surface area is 120 Å². The van der Waals surface area contributed by atoms with E-state index in [4.69, 9.17) is 5.73 Å². The molecule has 5 rings (SSSR count). The maximum absolute atomic E-state index is 9.86. The van der Waals surface area contributed by atoms with E-state index in [1.165, 1.54) is 44.1 Å². The predicted octanol–water partition coefficient (Wildman–Crippen LogP) is 1.74. The summed E-state index contributed by atoms with van der Waals surface area (Å²) in [6.07, 6.45) is 10.6. The topological polar surface area (TPSA) is 74.9 Å². The quantitative estimate of drug-likeness (QED) is 0.783. The van der Waals surface area contributed by atoms with Crippen molar-refractivity contribution < 1.29 is 5.11 Å². The highest BCUT2D eigenvalue weighted by Crippen LogP contribution is 2.61. The number of nitrogens with two attached hydrogens (primary N) is 1. The van der Waals surface area contributed by atoms with Crippen molar-refractivity contribution in [3.8, 4) is 0 Å². The molecule has 1 unspecified atom stereocenters. The van der Waals surface area contributed by atoms with Crippen LogP contribution in [0.25, 0.3) is 0 Å². The van der Waals surface area contributed by atoms with E-state index >= 15 is 0 Å². The molecule has 20 heavy (non-hydrogen) atoms. The largest absolute Gasteiger partial charge is 0.391 e. The van der Waals surface area contributed by atoms with Crippen molar-refractivity contribution in [2.24, 2.45) is 23.5 Å². The lowest BCUT2D eigenvalue weighted by Gasteiger charge is -2.57. The first-order valence-corrected chi connectivity index (χ1v) is 8.09. The molecule has 0 amide bonds. The van der Waals surface area contributed by atoms with Gasteiger partial charge in [-0.2, -0.15) is 5.10 Å². The zero-order valence-corrected chi connectivity index (χ0v) is 12.0. The third kappa shape index (κ3) is 1.92. The molecule has 1 aromatic heterocycles. The van der Waals surface area contributed by atoms with Crippen LogP contribution in [0.2, 0.25) is 0 Å². The normalized spacial score (nSPS) is 40.2. The summed E-state index contributed by atoms with van der Waals surface area (Å²) in [6.45, 7) is 0.319. The van der Waals surface area contributed by atoms with Gasteiger partial charge in [0, 0.05) is 18.7 Å². The van der Waals surface area contributed by atoms with Gasteiger partial charge in [-0.25, -0.2) is 0 Å². The average molecular weight is 275 g/mol. The van der Waals surface area contributed by atoms with Crippen molar-refractivity contribution in [3.05, 3.63) is 17.5 Å². The van der Waals surface area contributed by atoms with Gasteiger partial charge in [-0.05, 0) is 67.3 Å². The van der Waals surface area contributed by atoms with E-state index in [1.807, 2.05) is 6.20 Å². The fourth-order valence-corrected chi connectivity index (χ4v) is 5.68. The van der Waals surface area contributed by atoms with E-state index < -0.39 is 6.10 Å². The van der Waals surface area contributed by atoms with Gasteiger partial charge in [-0.3, -0.25) is 5.10 Å². The first kappa shape index (κ1) is 12.8. The Hall–Kier alpha value is -0.870. The zero-order chi connectivity index (χ0) is 13.7. The van der Waals surface area contributed by atoms with Crippen molar-refractivity contribution in [2.75, 3.05) is 6.54 Å². The summed E-state index contributed by atoms with van der Waals surface area (Å²) in [4.78, 5) is 0. The standard InChI is InChI=1S/C16H25N3O/c17-8-13(20)4-15-14(9-18-19-15)16-5-10-1-11(6-16)3-12(2-10)7-16/h9-13,20H,1-8,17H2,(H,18,19). The number of nitrogens with one attached hydrogen (secondary N) is 1. The smallest absolute Gasteiger partial charge is 0.0717 e. The molecule has 0 saturated heterocycles. The molecular weight excluding hydrogens is 250 g/mol. The van der Waals surface area contributed by atoms with Gasteiger partial charge >= 0.3 is 0 Å². The molecular formula is C16H25N3O. The molecule has 1 aromatic rings. The van der Waals surface area contributed by atoms with E-state index in [0.29, 0.717) is 18.4 Å². The second-order valence-corrected chi connectivity index (χ2v) is 7.55. The maximum atomic E-state index is 9.86. The minimum atomic E-state index is -0.455. The number of aromatic amines is 1. The van der Waals surface area contributed by atoms with Crippen LogP contribution in [0.1, 0.15) is 49.8 Å². The fourth-order valence-electron chi connectivity index (χ4n) is 5.68. The van der Waals surface area contributed by atoms with Crippen molar-refractivity contribution in [1.29, 1.82) is 0 Å². The van der Waals surface area contributed by atoms with Gasteiger partial charge in [-0.15, -0.1) is 0 Å². The number of hydrogen-bond donors (Lipinski definition) is 3. The number of H-pyrrole nitrogens is 1. The van der Waals surface area contributed by atoms with E-state index in [0.717, 1.165) is 23.4 Å². The second-order valence-electron chi connectivity index (χ2n) is 7.55. The lowest BCUT2D eigenvalue weighted by atomic mass is 9.48. The van der Waals surface area contributed by atoms with E-state index in [1.54, 1.807) is 0 Å². The van der Waals surface area contributed by atoms with E-state index in [2.05, 4.69) is 10.2 Å². The highest BCUT2D eigenvalue weighted by Gasteiger charge is 2.52. The van der Waals surface area contributed by atoms with Crippen LogP contribution >= 0.6 is 0 Å². The maximum Gasteiger partial charge on any atom is 0.0717 e. The molecule has 4 bridgehead atoms. The van der Waals surface area contributed by atoms with Crippen LogP contribution in [0.3, 0.4) is 0 Å². The van der Waals surface area contributed by atoms with Crippen LogP contribution in [0.15, 0.2) is 6.20 Å². The van der Waals surface area contributed by atoms with Gasteiger partial charge < -0.3 is 10.8 Å². The number of rotatable bonds is 4. The third-order valence-corrected chi connectivity index (χ3v) is 6.04. The molecule has 0 aliphatic heterocycles. The Balaban J connectivity index is 1.65. The van der Waals surface area contributed by atoms with Crippen LogP contribution in [-0.4, -0.2) is 28.0 Å². The second kappa shape index (κ2) is 4.57. The first-order chi connectivity index (χ1) is 9.68. The number of aliphatic hydroxyl groups excluding tert-OH is 1. The minimum absolute atomic E-state index is 0.319. The molecule has 110 valence electrons. The van der Waals surface area contributed by atoms with Gasteiger partial charge in [-0.1, -0.05) is 0 Å². The summed E-state index contributed by atoms with van der Waals surface area (Å²) in [6, 6.07) is 0. The van der Waals surface area contributed by atoms with Gasteiger partial charge in [0.15, 0.2) is 0 Å². The van der Waals surface area contributed by atoms with Crippen LogP contribution in [0, 0.1) is 17.8 Å². The van der Waals surface area contributed by atoms with Gasteiger partial charge in [0.25, 0.3) is 0 Å². The summed E-state index contributed by atoms with van der Waals surface area (Å²) in [7, 11) is 0. The summed E-state index contributed by atoms with van der Waals surface area (Å²) < 4.78 is 0. The molecule has 0 radical (unpaired) electrons. The Morgan fingerprint density at radius 3 is 2.40 bits per heavy atom. The van der Waals surface area contributed by atoms with Crippen LogP contribution in [0.5, 0.6) is 0 Å². The molecule has 1 heterocycles. The Morgan fingerprint density at radius 1 is 1.25 bits per heavy atom. The number of nitrogens with zero attached hydrogens (tertiary/aromatic N) is 1. The van der Waals surface area contributed by atoms with Crippen molar-refractivity contribution in [3.63, 3.8) is 0 Å². The summed E-state index contributed by atoms with van der Waals surface area (Å²) in [5.41, 5.74) is 8.44. The van der Waals surface area contributed by atoms with Crippen molar-refractivity contribution in [1.82, 2.24) is 10.2 Å². The van der Waals surface area contributed by atoms with Crippen molar-refractivity contribution in [2.45, 2.75) is 56.5 Å². The van der Waals surface area contributed by atoms with Crippen LogP contribution in [-0.2, 0) is 11.8 Å². The molecule has 4 nitrogen and oxygen atoms in total.